The summed E-state index contributed by atoms with van der Waals surface area (Å²) in [5.74, 6) is 0.410. The molecule has 3 aliphatic heterocycles. The monoisotopic (exact) mass is 503 g/mol. The number of alkyl halides is 3. The van der Waals surface area contributed by atoms with E-state index in [0.717, 1.165) is 24.1 Å². The summed E-state index contributed by atoms with van der Waals surface area (Å²) in [7, 11) is 1.94. The molecule has 1 saturated carbocycles. The number of rotatable bonds is 4. The van der Waals surface area contributed by atoms with Crippen molar-refractivity contribution < 1.29 is 18.0 Å². The van der Waals surface area contributed by atoms with Crippen LogP contribution in [0.1, 0.15) is 36.1 Å². The molecule has 6 rings (SSSR count). The molecule has 0 spiro atoms. The van der Waals surface area contributed by atoms with Gasteiger partial charge in [0.15, 0.2) is 0 Å². The minimum Gasteiger partial charge on any atom is -0.335 e. The molecule has 0 bridgehead atoms. The van der Waals surface area contributed by atoms with Crippen LogP contribution in [0.25, 0.3) is 0 Å². The minimum atomic E-state index is -4.27. The zero-order valence-electron chi connectivity index (χ0n) is 20.2. The average molecular weight is 504 g/mol. The molecule has 3 N–H and O–H groups in total. The molecule has 0 radical (unpaired) electrons. The molecule has 4 heterocycles. The molecular weight excluding hydrogens is 471 g/mol. The molecule has 1 aromatic carbocycles. The Kier molecular flexibility index (Phi) is 5.96. The van der Waals surface area contributed by atoms with Crippen LogP contribution >= 0.6 is 0 Å². The van der Waals surface area contributed by atoms with E-state index in [1.165, 1.54) is 4.90 Å². The van der Waals surface area contributed by atoms with Gasteiger partial charge in [-0.3, -0.25) is 15.0 Å². The number of aromatic nitrogens is 2. The van der Waals surface area contributed by atoms with Crippen LogP contribution in [-0.4, -0.2) is 76.1 Å². The van der Waals surface area contributed by atoms with Crippen molar-refractivity contribution in [2.45, 2.75) is 49.1 Å². The van der Waals surface area contributed by atoms with Gasteiger partial charge in [0.05, 0.1) is 24.3 Å². The predicted octanol–water partition coefficient (Wildman–Crippen LogP) is 2.39. The number of urea groups is 1. The number of benzene rings is 1. The Morgan fingerprint density at radius 1 is 1.03 bits per heavy atom. The maximum Gasteiger partial charge on any atom is 0.401 e. The van der Waals surface area contributed by atoms with Crippen molar-refractivity contribution in [3.05, 3.63) is 53.9 Å². The Balaban J connectivity index is 1.23. The van der Waals surface area contributed by atoms with Crippen molar-refractivity contribution in [1.82, 2.24) is 35.7 Å². The highest BCUT2D eigenvalue weighted by Crippen LogP contribution is 2.43. The number of amides is 2. The lowest BCUT2D eigenvalue weighted by atomic mass is 9.71. The summed E-state index contributed by atoms with van der Waals surface area (Å²) in [5.41, 5.74) is 8.96. The lowest BCUT2D eigenvalue weighted by Gasteiger charge is -2.48. The molecule has 36 heavy (non-hydrogen) atoms. The summed E-state index contributed by atoms with van der Waals surface area (Å²) in [6.45, 7) is 0.108. The fourth-order valence-corrected chi connectivity index (χ4v) is 6.97. The third kappa shape index (κ3) is 4.37. The first-order valence-electron chi connectivity index (χ1n) is 12.7. The predicted molar refractivity (Wildman–Crippen MR) is 127 cm³/mol. The van der Waals surface area contributed by atoms with Gasteiger partial charge in [-0.2, -0.15) is 18.3 Å². The van der Waals surface area contributed by atoms with Gasteiger partial charge in [-0.15, -0.1) is 0 Å². The summed E-state index contributed by atoms with van der Waals surface area (Å²) in [6, 6.07) is 11.6. The number of likely N-dealkylation sites (tertiary alicyclic amines) is 1. The standard InChI is InChI=1S/C25H32F3N7O/c1-33-21(7-8-29-33)23-17-9-16-11-35(24(36)30-19(16)10-20(17)31-32-23)22-13-34(14-25(26,27)28)12-18(22)15-5-3-2-4-6-15/h2-8,16-20,22-23,31-32H,9-14H2,1H3,(H,30,36)/t16?,17?,18-,19?,20?,22+,23?/m0/s1. The largest absolute Gasteiger partial charge is 0.401 e. The molecule has 2 amide bonds. The number of carbonyl (C=O) groups excluding carboxylic acids is 1. The number of carbonyl (C=O) groups is 1. The van der Waals surface area contributed by atoms with E-state index in [2.05, 4.69) is 21.3 Å². The van der Waals surface area contributed by atoms with E-state index in [9.17, 15) is 18.0 Å². The van der Waals surface area contributed by atoms with E-state index in [1.807, 2.05) is 53.0 Å². The smallest absolute Gasteiger partial charge is 0.335 e. The Labute approximate surface area is 208 Å². The van der Waals surface area contributed by atoms with Crippen molar-refractivity contribution in [1.29, 1.82) is 0 Å². The summed E-state index contributed by atoms with van der Waals surface area (Å²) in [6.07, 6.45) is -0.734. The van der Waals surface area contributed by atoms with Crippen molar-refractivity contribution >= 4 is 6.03 Å². The van der Waals surface area contributed by atoms with Gasteiger partial charge in [-0.1, -0.05) is 30.3 Å². The summed E-state index contributed by atoms with van der Waals surface area (Å²) in [4.78, 5) is 16.6. The first-order valence-corrected chi connectivity index (χ1v) is 12.7. The second-order valence-electron chi connectivity index (χ2n) is 10.7. The van der Waals surface area contributed by atoms with Gasteiger partial charge < -0.3 is 10.2 Å². The molecule has 3 saturated heterocycles. The van der Waals surface area contributed by atoms with Gasteiger partial charge in [-0.25, -0.2) is 10.2 Å². The Hall–Kier alpha value is -2.63. The number of hydrogen-bond acceptors (Lipinski definition) is 5. The van der Waals surface area contributed by atoms with Gasteiger partial charge in [0.25, 0.3) is 0 Å². The van der Waals surface area contributed by atoms with Crippen molar-refractivity contribution in [3.8, 4) is 0 Å². The number of nitrogens with one attached hydrogen (secondary N) is 3. The molecule has 7 atom stereocenters. The molecular formula is C25H32F3N7O. The zero-order chi connectivity index (χ0) is 25.0. The second-order valence-corrected chi connectivity index (χ2v) is 10.7. The topological polar surface area (TPSA) is 77.5 Å². The second kappa shape index (κ2) is 9.04. The highest BCUT2D eigenvalue weighted by atomic mass is 19.4. The number of halogens is 3. The van der Waals surface area contributed by atoms with Crippen LogP contribution < -0.4 is 16.2 Å². The van der Waals surface area contributed by atoms with Crippen LogP contribution in [0.3, 0.4) is 0 Å². The third-order valence-corrected chi connectivity index (χ3v) is 8.60. The molecule has 4 fully saturated rings. The lowest BCUT2D eigenvalue weighted by molar-refractivity contribution is -0.143. The van der Waals surface area contributed by atoms with Crippen molar-refractivity contribution in [2.75, 3.05) is 26.2 Å². The maximum absolute atomic E-state index is 13.3. The van der Waals surface area contributed by atoms with Gasteiger partial charge in [0, 0.05) is 50.9 Å². The number of hydrogen-bond donors (Lipinski definition) is 3. The van der Waals surface area contributed by atoms with Crippen LogP contribution in [0.2, 0.25) is 0 Å². The molecule has 194 valence electrons. The minimum absolute atomic E-state index is 0.0532. The van der Waals surface area contributed by atoms with Crippen LogP contribution in [0, 0.1) is 11.8 Å². The van der Waals surface area contributed by atoms with Crippen LogP contribution in [-0.2, 0) is 7.05 Å². The van der Waals surface area contributed by atoms with Crippen LogP contribution in [0.5, 0.6) is 0 Å². The number of hydrazine groups is 1. The molecule has 5 unspecified atom stereocenters. The quantitative estimate of drug-likeness (QED) is 0.598. The maximum atomic E-state index is 13.3. The molecule has 11 heteroatoms. The van der Waals surface area contributed by atoms with E-state index in [0.29, 0.717) is 12.5 Å². The highest BCUT2D eigenvalue weighted by Gasteiger charge is 2.51. The van der Waals surface area contributed by atoms with Crippen molar-refractivity contribution in [2.24, 2.45) is 18.9 Å². The van der Waals surface area contributed by atoms with Crippen LogP contribution in [0.4, 0.5) is 18.0 Å². The van der Waals surface area contributed by atoms with Crippen molar-refractivity contribution in [3.63, 3.8) is 0 Å². The zero-order valence-corrected chi connectivity index (χ0v) is 20.2. The first-order chi connectivity index (χ1) is 17.3. The molecule has 1 aliphatic carbocycles. The van der Waals surface area contributed by atoms with E-state index >= 15 is 0 Å². The SMILES string of the molecule is Cn1nccc1C1NNC2CC3NC(=O)N([C@@H]4CN(CC(F)(F)F)C[C@H]4c4ccccc4)CC3CC21. The summed E-state index contributed by atoms with van der Waals surface area (Å²) < 4.78 is 41.7. The summed E-state index contributed by atoms with van der Waals surface area (Å²) in [5, 5.41) is 7.54. The van der Waals surface area contributed by atoms with Gasteiger partial charge in [-0.05, 0) is 36.3 Å². The van der Waals surface area contributed by atoms with Gasteiger partial charge in [0.2, 0.25) is 0 Å². The number of nitrogens with zero attached hydrogens (tertiary/aromatic N) is 4. The van der Waals surface area contributed by atoms with Gasteiger partial charge in [0.1, 0.15) is 0 Å². The molecule has 4 aliphatic rings. The fraction of sp³-hybridized carbons (Fsp3) is 0.600. The average Bonchev–Trinajstić information content (AvgIpc) is 3.55. The van der Waals surface area contributed by atoms with Crippen LogP contribution in [0.15, 0.2) is 42.6 Å². The lowest BCUT2D eigenvalue weighted by Crippen LogP contribution is -2.63. The Bertz CT molecular complexity index is 1090. The first kappa shape index (κ1) is 23.7. The molecule has 1 aromatic heterocycles. The highest BCUT2D eigenvalue weighted by molar-refractivity contribution is 5.76. The number of aryl methyl sites for hydroxylation is 1. The van der Waals surface area contributed by atoms with E-state index in [-0.39, 0.29) is 55.1 Å². The van der Waals surface area contributed by atoms with E-state index < -0.39 is 12.7 Å². The molecule has 2 aromatic rings. The fourth-order valence-electron chi connectivity index (χ4n) is 6.97. The van der Waals surface area contributed by atoms with E-state index in [1.54, 1.807) is 6.20 Å². The Morgan fingerprint density at radius 3 is 2.56 bits per heavy atom. The summed E-state index contributed by atoms with van der Waals surface area (Å²) >= 11 is 0. The molecule has 8 nitrogen and oxygen atoms in total. The Morgan fingerprint density at radius 2 is 1.83 bits per heavy atom. The van der Waals surface area contributed by atoms with E-state index in [4.69, 9.17) is 0 Å². The van der Waals surface area contributed by atoms with Gasteiger partial charge >= 0.3 is 12.2 Å². The normalized spacial score (nSPS) is 34.9. The third-order valence-electron chi connectivity index (χ3n) is 8.60. The number of fused-ring (bicyclic) bond motifs is 2.